The highest BCUT2D eigenvalue weighted by Crippen LogP contribution is 2.39. The number of hydrogen-bond acceptors (Lipinski definition) is 6. The van der Waals surface area contributed by atoms with Gasteiger partial charge in [0.2, 0.25) is 5.54 Å². The summed E-state index contributed by atoms with van der Waals surface area (Å²) in [5.41, 5.74) is 7.36. The molecule has 0 aliphatic carbocycles. The molecule has 0 radical (unpaired) electrons. The van der Waals surface area contributed by atoms with Gasteiger partial charge in [-0.3, -0.25) is 24.6 Å². The number of halogens is 1. The number of alkyl halides is 1. The minimum absolute atomic E-state index is 0.0891. The van der Waals surface area contributed by atoms with E-state index in [-0.39, 0.29) is 11.9 Å². The van der Waals surface area contributed by atoms with E-state index in [0.29, 0.717) is 22.5 Å². The lowest BCUT2D eigenvalue weighted by Gasteiger charge is -2.25. The van der Waals surface area contributed by atoms with Gasteiger partial charge in [-0.25, -0.2) is 9.38 Å². The average Bonchev–Trinajstić information content (AvgIpc) is 2.99. The lowest BCUT2D eigenvalue weighted by molar-refractivity contribution is -0.129. The Kier molecular flexibility index (Phi) is 4.31. The van der Waals surface area contributed by atoms with Gasteiger partial charge in [0.15, 0.2) is 5.96 Å². The Morgan fingerprint density at radius 3 is 2.61 bits per heavy atom. The first-order valence-electron chi connectivity index (χ1n) is 8.58. The van der Waals surface area contributed by atoms with Gasteiger partial charge in [0, 0.05) is 36.8 Å². The van der Waals surface area contributed by atoms with Crippen LogP contribution >= 0.6 is 0 Å². The van der Waals surface area contributed by atoms with Crippen molar-refractivity contribution in [2.24, 2.45) is 10.7 Å². The zero-order valence-electron chi connectivity index (χ0n) is 15.1. The number of hydrogen-bond donors (Lipinski definition) is 1. The highest BCUT2D eigenvalue weighted by atomic mass is 19.1. The summed E-state index contributed by atoms with van der Waals surface area (Å²) < 4.78 is 12.9. The summed E-state index contributed by atoms with van der Waals surface area (Å²) in [6.07, 6.45) is 6.23. The van der Waals surface area contributed by atoms with Crippen molar-refractivity contribution >= 4 is 11.9 Å². The molecular formula is C20H17FN6O. The topological polar surface area (TPSA) is 97.4 Å². The van der Waals surface area contributed by atoms with Crippen LogP contribution in [0.2, 0.25) is 0 Å². The van der Waals surface area contributed by atoms with Gasteiger partial charge in [-0.2, -0.15) is 0 Å². The van der Waals surface area contributed by atoms with Crippen LogP contribution in [-0.4, -0.2) is 38.8 Å². The van der Waals surface area contributed by atoms with E-state index in [0.717, 1.165) is 5.56 Å². The Labute approximate surface area is 160 Å². The molecule has 1 atom stereocenters. The van der Waals surface area contributed by atoms with Crippen LogP contribution in [0.4, 0.5) is 4.39 Å². The van der Waals surface area contributed by atoms with E-state index in [2.05, 4.69) is 19.9 Å². The summed E-state index contributed by atoms with van der Waals surface area (Å²) in [6.45, 7) is -0.637. The number of nitrogens with two attached hydrogens (primary N) is 1. The largest absolute Gasteiger partial charge is 0.369 e. The zero-order valence-corrected chi connectivity index (χ0v) is 15.1. The average molecular weight is 376 g/mol. The van der Waals surface area contributed by atoms with E-state index in [9.17, 15) is 9.18 Å². The van der Waals surface area contributed by atoms with Crippen molar-refractivity contribution in [3.63, 3.8) is 0 Å². The molecule has 0 fully saturated rings. The summed E-state index contributed by atoms with van der Waals surface area (Å²) in [5, 5.41) is 0. The number of benzene rings is 1. The van der Waals surface area contributed by atoms with Gasteiger partial charge in [0.1, 0.15) is 6.67 Å². The number of guanidine groups is 1. The number of carbonyl (C=O) groups is 1. The van der Waals surface area contributed by atoms with Crippen LogP contribution in [0.15, 0.2) is 66.2 Å². The molecule has 1 aliphatic heterocycles. The van der Waals surface area contributed by atoms with E-state index in [1.54, 1.807) is 43.8 Å². The minimum atomic E-state index is -1.44. The summed E-state index contributed by atoms with van der Waals surface area (Å²) >= 11 is 0. The van der Waals surface area contributed by atoms with Gasteiger partial charge in [0.05, 0.1) is 17.6 Å². The van der Waals surface area contributed by atoms with Crippen LogP contribution in [0.3, 0.4) is 0 Å². The van der Waals surface area contributed by atoms with Crippen LogP contribution < -0.4 is 5.73 Å². The van der Waals surface area contributed by atoms with E-state index in [4.69, 9.17) is 5.73 Å². The predicted octanol–water partition coefficient (Wildman–Crippen LogP) is 2.04. The second-order valence-electron chi connectivity index (χ2n) is 6.40. The molecular weight excluding hydrogens is 359 g/mol. The fourth-order valence-electron chi connectivity index (χ4n) is 3.21. The van der Waals surface area contributed by atoms with Crippen molar-refractivity contribution in [3.8, 4) is 11.3 Å². The second-order valence-corrected chi connectivity index (χ2v) is 6.40. The molecule has 1 unspecified atom stereocenters. The number of aromatic nitrogens is 3. The van der Waals surface area contributed by atoms with Gasteiger partial charge in [-0.1, -0.05) is 24.3 Å². The third-order valence-corrected chi connectivity index (χ3v) is 4.73. The molecule has 3 aromatic rings. The zero-order chi connectivity index (χ0) is 19.7. The van der Waals surface area contributed by atoms with Crippen LogP contribution in [0.25, 0.3) is 11.3 Å². The lowest BCUT2D eigenvalue weighted by Crippen LogP contribution is -2.41. The number of aliphatic imine (C=N–C) groups is 1. The molecule has 4 rings (SSSR count). The van der Waals surface area contributed by atoms with Crippen LogP contribution in [-0.2, 0) is 17.0 Å². The van der Waals surface area contributed by atoms with Gasteiger partial charge in [0.25, 0.3) is 5.91 Å². The first kappa shape index (κ1) is 17.7. The molecule has 2 N–H and O–H groups in total. The molecule has 8 heteroatoms. The molecule has 0 bridgehead atoms. The normalized spacial score (nSPS) is 19.0. The number of carbonyl (C=O) groups excluding carboxylic acids is 1. The van der Waals surface area contributed by atoms with Crippen molar-refractivity contribution < 1.29 is 9.18 Å². The van der Waals surface area contributed by atoms with Crippen molar-refractivity contribution in [3.05, 3.63) is 78.0 Å². The first-order chi connectivity index (χ1) is 13.6. The maximum atomic E-state index is 13.2. The van der Waals surface area contributed by atoms with E-state index < -0.39 is 12.2 Å². The van der Waals surface area contributed by atoms with Crippen molar-refractivity contribution in [1.82, 2.24) is 19.9 Å². The molecule has 2 aromatic heterocycles. The molecule has 7 nitrogen and oxygen atoms in total. The Hall–Kier alpha value is -3.68. The Balaban J connectivity index is 1.91. The Morgan fingerprint density at radius 1 is 1.14 bits per heavy atom. The number of pyridine rings is 1. The van der Waals surface area contributed by atoms with E-state index in [1.807, 2.05) is 18.2 Å². The number of likely N-dealkylation sites (N-methyl/N-ethyl adjacent to an activating group) is 1. The molecule has 3 heterocycles. The number of rotatable bonds is 4. The fraction of sp³-hybridized carbons (Fsp3) is 0.150. The van der Waals surface area contributed by atoms with Crippen LogP contribution in [0, 0.1) is 0 Å². The highest BCUT2D eigenvalue weighted by molar-refractivity contribution is 6.08. The standard InChI is InChI=1S/C20H17FN6O/c1-27-18(28)20(26-19(27)22,17-6-5-13(10-21)11-25-17)15-4-2-3-14(9-15)16-12-23-7-8-24-16/h2-9,11-12H,10H2,1H3,(H2,22,26). The molecule has 1 amide bonds. The first-order valence-corrected chi connectivity index (χ1v) is 8.58. The monoisotopic (exact) mass is 376 g/mol. The molecule has 1 aliphatic rings. The van der Waals surface area contributed by atoms with E-state index >= 15 is 0 Å². The molecule has 1 aromatic carbocycles. The number of nitrogens with zero attached hydrogens (tertiary/aromatic N) is 5. The smallest absolute Gasteiger partial charge is 0.267 e. The highest BCUT2D eigenvalue weighted by Gasteiger charge is 2.50. The maximum absolute atomic E-state index is 13.2. The SMILES string of the molecule is CN1C(=O)C(c2cccc(-c3cnccn3)c2)(c2ccc(CF)cn2)N=C1N. The maximum Gasteiger partial charge on any atom is 0.267 e. The summed E-state index contributed by atoms with van der Waals surface area (Å²) in [5.74, 6) is -0.243. The quantitative estimate of drug-likeness (QED) is 0.751. The Morgan fingerprint density at radius 2 is 2.00 bits per heavy atom. The molecule has 0 spiro atoms. The summed E-state index contributed by atoms with van der Waals surface area (Å²) in [6, 6.07) is 10.5. The molecule has 28 heavy (non-hydrogen) atoms. The molecule has 140 valence electrons. The predicted molar refractivity (Wildman–Crippen MR) is 102 cm³/mol. The molecule has 0 saturated heterocycles. The summed E-state index contributed by atoms with van der Waals surface area (Å²) in [4.78, 5) is 31.7. The molecule has 0 saturated carbocycles. The number of amides is 1. The van der Waals surface area contributed by atoms with E-state index in [1.165, 1.54) is 11.1 Å². The van der Waals surface area contributed by atoms with Crippen molar-refractivity contribution in [2.45, 2.75) is 12.2 Å². The Bertz CT molecular complexity index is 1050. The summed E-state index contributed by atoms with van der Waals surface area (Å²) in [7, 11) is 1.56. The van der Waals surface area contributed by atoms with Crippen LogP contribution in [0.5, 0.6) is 0 Å². The van der Waals surface area contributed by atoms with Gasteiger partial charge in [-0.15, -0.1) is 0 Å². The van der Waals surface area contributed by atoms with Gasteiger partial charge >= 0.3 is 0 Å². The third-order valence-electron chi connectivity index (χ3n) is 4.73. The second kappa shape index (κ2) is 6.80. The fourth-order valence-corrected chi connectivity index (χ4v) is 3.21. The third kappa shape index (κ3) is 2.70. The van der Waals surface area contributed by atoms with Gasteiger partial charge in [-0.05, 0) is 17.7 Å². The minimum Gasteiger partial charge on any atom is -0.369 e. The van der Waals surface area contributed by atoms with Crippen molar-refractivity contribution in [1.29, 1.82) is 0 Å². The van der Waals surface area contributed by atoms with Crippen LogP contribution in [0.1, 0.15) is 16.8 Å². The van der Waals surface area contributed by atoms with Gasteiger partial charge < -0.3 is 5.73 Å². The lowest BCUT2D eigenvalue weighted by atomic mass is 9.85. The van der Waals surface area contributed by atoms with Crippen molar-refractivity contribution in [2.75, 3.05) is 7.05 Å².